The molecule has 28 heavy (non-hydrogen) atoms. The number of carbonyl (C=O) groups excluding carboxylic acids is 2. The van der Waals surface area contributed by atoms with Crippen LogP contribution in [0.4, 0.5) is 22.0 Å². The minimum absolute atomic E-state index is 0.0490. The van der Waals surface area contributed by atoms with Gasteiger partial charge in [0, 0.05) is 12.8 Å². The van der Waals surface area contributed by atoms with Crippen LogP contribution >= 0.6 is 0 Å². The second-order valence-corrected chi connectivity index (χ2v) is 6.20. The Morgan fingerprint density at radius 2 is 1.18 bits per heavy atom. The number of benzene rings is 1. The van der Waals surface area contributed by atoms with E-state index in [1.54, 1.807) is 0 Å². The van der Waals surface area contributed by atoms with Gasteiger partial charge in [0.2, 0.25) is 5.82 Å². The number of ether oxygens (including phenoxy) is 2. The highest BCUT2D eigenvalue weighted by molar-refractivity contribution is 5.72. The minimum atomic E-state index is -2.28. The molecule has 0 fully saturated rings. The molecule has 0 radical (unpaired) electrons. The van der Waals surface area contributed by atoms with E-state index in [0.717, 1.165) is 32.1 Å². The zero-order valence-corrected chi connectivity index (χ0v) is 15.6. The number of hydrogen-bond donors (Lipinski definition) is 0. The van der Waals surface area contributed by atoms with Crippen molar-refractivity contribution in [2.75, 3.05) is 6.61 Å². The molecule has 0 amide bonds. The number of esters is 2. The van der Waals surface area contributed by atoms with E-state index in [1.807, 2.05) is 0 Å². The van der Waals surface area contributed by atoms with Crippen LogP contribution in [0.3, 0.4) is 0 Å². The number of rotatable bonds is 12. The summed E-state index contributed by atoms with van der Waals surface area (Å²) in [6.45, 7) is 1.29. The summed E-state index contributed by atoms with van der Waals surface area (Å²) >= 11 is 0. The minimum Gasteiger partial charge on any atom is -0.466 e. The van der Waals surface area contributed by atoms with Gasteiger partial charge < -0.3 is 9.47 Å². The van der Waals surface area contributed by atoms with Crippen molar-refractivity contribution in [1.29, 1.82) is 0 Å². The van der Waals surface area contributed by atoms with Crippen LogP contribution in [0, 0.1) is 29.1 Å². The van der Waals surface area contributed by atoms with Gasteiger partial charge in [-0.3, -0.25) is 9.59 Å². The molecule has 4 nitrogen and oxygen atoms in total. The molecule has 0 heterocycles. The van der Waals surface area contributed by atoms with Gasteiger partial charge in [0.05, 0.1) is 12.2 Å². The van der Waals surface area contributed by atoms with Crippen LogP contribution in [0.2, 0.25) is 0 Å². The third-order valence-electron chi connectivity index (χ3n) is 3.95. The molecule has 1 rings (SSSR count). The maximum absolute atomic E-state index is 13.5. The largest absolute Gasteiger partial charge is 0.466 e. The molecule has 0 aliphatic carbocycles. The molecule has 9 heteroatoms. The van der Waals surface area contributed by atoms with Gasteiger partial charge >= 0.3 is 11.9 Å². The van der Waals surface area contributed by atoms with Gasteiger partial charge in [-0.25, -0.2) is 22.0 Å². The Morgan fingerprint density at radius 1 is 0.679 bits per heavy atom. The molecule has 0 unspecified atom stereocenters. The first-order valence-electron chi connectivity index (χ1n) is 9.11. The van der Waals surface area contributed by atoms with Crippen molar-refractivity contribution in [3.05, 3.63) is 34.6 Å². The van der Waals surface area contributed by atoms with Gasteiger partial charge in [0.25, 0.3) is 0 Å². The lowest BCUT2D eigenvalue weighted by molar-refractivity contribution is -0.146. The molecule has 0 saturated carbocycles. The van der Waals surface area contributed by atoms with Crippen LogP contribution in [0.25, 0.3) is 0 Å². The van der Waals surface area contributed by atoms with Gasteiger partial charge in [-0.2, -0.15) is 0 Å². The van der Waals surface area contributed by atoms with Crippen LogP contribution in [-0.4, -0.2) is 18.5 Å². The number of unbranched alkanes of at least 4 members (excludes halogenated alkanes) is 4. The van der Waals surface area contributed by atoms with Gasteiger partial charge in [-0.15, -0.1) is 0 Å². The fraction of sp³-hybridized carbons (Fsp3) is 0.579. The Labute approximate surface area is 160 Å². The lowest BCUT2D eigenvalue weighted by Gasteiger charge is -2.09. The summed E-state index contributed by atoms with van der Waals surface area (Å²) in [5.74, 6) is -12.0. The average molecular weight is 410 g/mol. The van der Waals surface area contributed by atoms with Crippen LogP contribution in [-0.2, 0) is 25.7 Å². The number of halogens is 5. The van der Waals surface area contributed by atoms with Crippen LogP contribution < -0.4 is 0 Å². The predicted molar refractivity (Wildman–Crippen MR) is 89.6 cm³/mol. The lowest BCUT2D eigenvalue weighted by Crippen LogP contribution is -2.12. The smallest absolute Gasteiger partial charge is 0.306 e. The highest BCUT2D eigenvalue weighted by Gasteiger charge is 2.26. The SMILES string of the molecule is CCCCCCCOC(=O)CCCC(=O)OCc1c(F)c(F)c(F)c(F)c1F. The van der Waals surface area contributed by atoms with E-state index in [1.165, 1.54) is 0 Å². The summed E-state index contributed by atoms with van der Waals surface area (Å²) in [4.78, 5) is 23.0. The number of hydrogen-bond acceptors (Lipinski definition) is 4. The Bertz CT molecular complexity index is 650. The highest BCUT2D eigenvalue weighted by atomic mass is 19.2. The van der Waals surface area contributed by atoms with E-state index in [0.29, 0.717) is 6.61 Å². The molecule has 0 spiro atoms. The summed E-state index contributed by atoms with van der Waals surface area (Å²) in [6.07, 6.45) is 4.79. The Morgan fingerprint density at radius 3 is 1.75 bits per heavy atom. The van der Waals surface area contributed by atoms with Gasteiger partial charge in [-0.1, -0.05) is 32.6 Å². The van der Waals surface area contributed by atoms with E-state index >= 15 is 0 Å². The molecule has 158 valence electrons. The Hall–Kier alpha value is -2.19. The van der Waals surface area contributed by atoms with Crippen LogP contribution in [0.1, 0.15) is 63.9 Å². The van der Waals surface area contributed by atoms with Crippen LogP contribution in [0.5, 0.6) is 0 Å². The van der Waals surface area contributed by atoms with Crippen molar-refractivity contribution in [3.8, 4) is 0 Å². The third kappa shape index (κ3) is 7.44. The zero-order chi connectivity index (χ0) is 21.1. The first-order chi connectivity index (χ1) is 13.3. The summed E-state index contributed by atoms with van der Waals surface area (Å²) < 4.78 is 75.5. The molecule has 0 atom stereocenters. The molecule has 0 N–H and O–H groups in total. The van der Waals surface area contributed by atoms with Crippen molar-refractivity contribution in [2.24, 2.45) is 0 Å². The highest BCUT2D eigenvalue weighted by Crippen LogP contribution is 2.23. The second-order valence-electron chi connectivity index (χ2n) is 6.20. The average Bonchev–Trinajstić information content (AvgIpc) is 2.67. The summed E-state index contributed by atoms with van der Waals surface area (Å²) in [6, 6.07) is 0. The predicted octanol–water partition coefficient (Wildman–Crippen LogP) is 5.11. The van der Waals surface area contributed by atoms with Gasteiger partial charge in [0.15, 0.2) is 23.3 Å². The fourth-order valence-electron chi connectivity index (χ4n) is 2.34. The maximum atomic E-state index is 13.5. The lowest BCUT2D eigenvalue weighted by atomic mass is 10.2. The molecule has 1 aromatic carbocycles. The summed E-state index contributed by atoms with van der Waals surface area (Å²) in [5, 5.41) is 0. The normalized spacial score (nSPS) is 10.8. The summed E-state index contributed by atoms with van der Waals surface area (Å²) in [7, 11) is 0. The molecule has 0 aliphatic rings. The Kier molecular flexibility index (Phi) is 10.5. The second kappa shape index (κ2) is 12.3. The molecule has 0 aromatic heterocycles. The summed E-state index contributed by atoms with van der Waals surface area (Å²) in [5.41, 5.74) is -1.23. The van der Waals surface area contributed by atoms with Crippen molar-refractivity contribution in [2.45, 2.75) is 64.9 Å². The fourth-order valence-corrected chi connectivity index (χ4v) is 2.34. The molecular formula is C19H23F5O4. The Balaban J connectivity index is 2.30. The van der Waals surface area contributed by atoms with Crippen molar-refractivity contribution in [1.82, 2.24) is 0 Å². The standard InChI is InChI=1S/C19H23F5O4/c1-2-3-4-5-6-10-27-13(25)8-7-9-14(26)28-11-12-15(20)17(22)19(24)18(23)16(12)21/h2-11H2,1H3. The first-order valence-corrected chi connectivity index (χ1v) is 9.11. The monoisotopic (exact) mass is 410 g/mol. The van der Waals surface area contributed by atoms with Crippen molar-refractivity contribution >= 4 is 11.9 Å². The van der Waals surface area contributed by atoms with E-state index < -0.39 is 53.2 Å². The van der Waals surface area contributed by atoms with Gasteiger partial charge in [0.1, 0.15) is 6.61 Å². The van der Waals surface area contributed by atoms with Crippen LogP contribution in [0.15, 0.2) is 0 Å². The molecule has 1 aromatic rings. The molecule has 0 aliphatic heterocycles. The maximum Gasteiger partial charge on any atom is 0.306 e. The van der Waals surface area contributed by atoms with Crippen molar-refractivity contribution < 1.29 is 41.0 Å². The topological polar surface area (TPSA) is 52.6 Å². The van der Waals surface area contributed by atoms with Gasteiger partial charge in [-0.05, 0) is 12.8 Å². The van der Waals surface area contributed by atoms with E-state index in [4.69, 9.17) is 4.74 Å². The first kappa shape index (κ1) is 23.8. The molecule has 0 bridgehead atoms. The molecule has 0 saturated heterocycles. The third-order valence-corrected chi connectivity index (χ3v) is 3.95. The zero-order valence-electron chi connectivity index (χ0n) is 15.6. The molecular weight excluding hydrogens is 387 g/mol. The number of carbonyl (C=O) groups is 2. The van der Waals surface area contributed by atoms with E-state index in [2.05, 4.69) is 11.7 Å². The van der Waals surface area contributed by atoms with Crippen molar-refractivity contribution in [3.63, 3.8) is 0 Å². The van der Waals surface area contributed by atoms with E-state index in [-0.39, 0.29) is 19.3 Å². The quantitative estimate of drug-likeness (QED) is 0.158. The van der Waals surface area contributed by atoms with E-state index in [9.17, 15) is 31.5 Å².